The number of hydrogen-bond donors (Lipinski definition) is 2. The third-order valence-electron chi connectivity index (χ3n) is 1.89. The molecule has 1 aromatic rings. The van der Waals surface area contributed by atoms with Crippen LogP contribution in [0.1, 0.15) is 9.67 Å². The van der Waals surface area contributed by atoms with Crippen molar-refractivity contribution in [3.05, 3.63) is 22.4 Å². The molecule has 6 heteroatoms. The summed E-state index contributed by atoms with van der Waals surface area (Å²) in [5.74, 6) is -0.449. The maximum atomic E-state index is 11.7. The standard InChI is InChI=1S/C10H14N2O3S/c1-12(7-9(14)11-4-5-13)10(15)8-3-2-6-16-8/h2-3,6,13H,4-5,7H2,1H3,(H,11,14). The van der Waals surface area contributed by atoms with Crippen LogP contribution in [0.15, 0.2) is 17.5 Å². The highest BCUT2D eigenvalue weighted by Crippen LogP contribution is 2.10. The maximum absolute atomic E-state index is 11.7. The molecule has 0 unspecified atom stereocenters. The Morgan fingerprint density at radius 3 is 2.88 bits per heavy atom. The van der Waals surface area contributed by atoms with E-state index in [1.807, 2.05) is 5.38 Å². The largest absolute Gasteiger partial charge is 0.395 e. The summed E-state index contributed by atoms with van der Waals surface area (Å²) < 4.78 is 0. The average molecular weight is 242 g/mol. The molecule has 0 saturated carbocycles. The lowest BCUT2D eigenvalue weighted by Gasteiger charge is -2.15. The Bertz CT molecular complexity index is 351. The van der Waals surface area contributed by atoms with E-state index in [1.165, 1.54) is 16.2 Å². The minimum absolute atomic E-state index is 0.00324. The van der Waals surface area contributed by atoms with Crippen LogP contribution in [-0.2, 0) is 4.79 Å². The molecule has 0 fully saturated rings. The van der Waals surface area contributed by atoms with E-state index in [0.29, 0.717) is 4.88 Å². The third kappa shape index (κ3) is 3.63. The van der Waals surface area contributed by atoms with Gasteiger partial charge in [0.15, 0.2) is 0 Å². The Kier molecular flexibility index (Phi) is 4.94. The molecule has 0 radical (unpaired) electrons. The number of nitrogens with zero attached hydrogens (tertiary/aromatic N) is 1. The fraction of sp³-hybridized carbons (Fsp3) is 0.400. The highest BCUT2D eigenvalue weighted by molar-refractivity contribution is 7.12. The van der Waals surface area contributed by atoms with E-state index >= 15 is 0 Å². The number of rotatable bonds is 5. The monoisotopic (exact) mass is 242 g/mol. The van der Waals surface area contributed by atoms with Gasteiger partial charge in [-0.25, -0.2) is 0 Å². The number of thiophene rings is 1. The predicted octanol–water partition coefficient (Wildman–Crippen LogP) is -0.0714. The molecule has 0 atom stereocenters. The number of amides is 2. The second-order valence-electron chi connectivity index (χ2n) is 3.21. The summed E-state index contributed by atoms with van der Waals surface area (Å²) in [6.07, 6.45) is 0. The second-order valence-corrected chi connectivity index (χ2v) is 4.16. The molecule has 0 aliphatic heterocycles. The maximum Gasteiger partial charge on any atom is 0.264 e. The van der Waals surface area contributed by atoms with Crippen molar-refractivity contribution in [3.63, 3.8) is 0 Å². The molecule has 0 aliphatic rings. The number of carbonyl (C=O) groups excluding carboxylic acids is 2. The van der Waals surface area contributed by atoms with E-state index in [2.05, 4.69) is 5.32 Å². The van der Waals surface area contributed by atoms with Crippen molar-refractivity contribution in [2.45, 2.75) is 0 Å². The molecule has 0 spiro atoms. The van der Waals surface area contributed by atoms with Crippen LogP contribution in [-0.4, -0.2) is 48.6 Å². The number of hydrogen-bond acceptors (Lipinski definition) is 4. The van der Waals surface area contributed by atoms with E-state index in [-0.39, 0.29) is 31.5 Å². The van der Waals surface area contributed by atoms with Gasteiger partial charge >= 0.3 is 0 Å². The van der Waals surface area contributed by atoms with Crippen molar-refractivity contribution in [3.8, 4) is 0 Å². The average Bonchev–Trinajstić information content (AvgIpc) is 2.78. The van der Waals surface area contributed by atoms with Crippen LogP contribution in [0.2, 0.25) is 0 Å². The Morgan fingerprint density at radius 2 is 2.31 bits per heavy atom. The number of aliphatic hydroxyl groups excluding tert-OH is 1. The van der Waals surface area contributed by atoms with Crippen LogP contribution < -0.4 is 5.32 Å². The number of likely N-dealkylation sites (N-methyl/N-ethyl adjacent to an activating group) is 1. The molecule has 1 aromatic heterocycles. The molecular weight excluding hydrogens is 228 g/mol. The lowest BCUT2D eigenvalue weighted by Crippen LogP contribution is -2.39. The van der Waals surface area contributed by atoms with E-state index < -0.39 is 0 Å². The van der Waals surface area contributed by atoms with Gasteiger partial charge in [0, 0.05) is 13.6 Å². The second kappa shape index (κ2) is 6.24. The van der Waals surface area contributed by atoms with Crippen LogP contribution in [0.4, 0.5) is 0 Å². The summed E-state index contributed by atoms with van der Waals surface area (Å²) in [5, 5.41) is 12.8. The van der Waals surface area contributed by atoms with Crippen LogP contribution >= 0.6 is 11.3 Å². The molecule has 1 heterocycles. The van der Waals surface area contributed by atoms with E-state index in [9.17, 15) is 9.59 Å². The highest BCUT2D eigenvalue weighted by Gasteiger charge is 2.14. The summed E-state index contributed by atoms with van der Waals surface area (Å²) >= 11 is 1.34. The first kappa shape index (κ1) is 12.7. The zero-order valence-corrected chi connectivity index (χ0v) is 9.79. The number of carbonyl (C=O) groups is 2. The highest BCUT2D eigenvalue weighted by atomic mass is 32.1. The summed E-state index contributed by atoms with van der Waals surface area (Å²) in [5.41, 5.74) is 0. The fourth-order valence-corrected chi connectivity index (χ4v) is 1.84. The van der Waals surface area contributed by atoms with E-state index in [4.69, 9.17) is 5.11 Å². The van der Waals surface area contributed by atoms with Gasteiger partial charge < -0.3 is 15.3 Å². The molecule has 16 heavy (non-hydrogen) atoms. The lowest BCUT2D eigenvalue weighted by atomic mass is 10.4. The molecule has 0 bridgehead atoms. The molecule has 88 valence electrons. The smallest absolute Gasteiger partial charge is 0.264 e. The van der Waals surface area contributed by atoms with Gasteiger partial charge in [-0.3, -0.25) is 9.59 Å². The molecule has 5 nitrogen and oxygen atoms in total. The molecule has 0 aromatic carbocycles. The van der Waals surface area contributed by atoms with Crippen LogP contribution in [0, 0.1) is 0 Å². The minimum Gasteiger partial charge on any atom is -0.395 e. The van der Waals surface area contributed by atoms with E-state index in [0.717, 1.165) is 0 Å². The van der Waals surface area contributed by atoms with Crippen LogP contribution in [0.3, 0.4) is 0 Å². The molecule has 0 saturated heterocycles. The van der Waals surface area contributed by atoms with Crippen molar-refractivity contribution < 1.29 is 14.7 Å². The quantitative estimate of drug-likeness (QED) is 0.759. The van der Waals surface area contributed by atoms with Gasteiger partial charge in [0.25, 0.3) is 5.91 Å². The SMILES string of the molecule is CN(CC(=O)NCCO)C(=O)c1cccs1. The van der Waals surface area contributed by atoms with Gasteiger partial charge in [-0.2, -0.15) is 0 Å². The van der Waals surface area contributed by atoms with Gasteiger partial charge in [-0.15, -0.1) is 11.3 Å². The van der Waals surface area contributed by atoms with Crippen LogP contribution in [0.5, 0.6) is 0 Å². The van der Waals surface area contributed by atoms with Gasteiger partial charge in [0.05, 0.1) is 18.0 Å². The Labute approximate surface area is 97.7 Å². The van der Waals surface area contributed by atoms with Gasteiger partial charge in [0.1, 0.15) is 0 Å². The molecule has 2 amide bonds. The Morgan fingerprint density at radius 1 is 1.56 bits per heavy atom. The van der Waals surface area contributed by atoms with Gasteiger partial charge in [-0.1, -0.05) is 6.07 Å². The van der Waals surface area contributed by atoms with Crippen molar-refractivity contribution >= 4 is 23.2 Å². The molecule has 0 aliphatic carbocycles. The number of nitrogens with one attached hydrogen (secondary N) is 1. The van der Waals surface area contributed by atoms with E-state index in [1.54, 1.807) is 19.2 Å². The first-order chi connectivity index (χ1) is 7.65. The third-order valence-corrected chi connectivity index (χ3v) is 2.75. The lowest BCUT2D eigenvalue weighted by molar-refractivity contribution is -0.121. The summed E-state index contributed by atoms with van der Waals surface area (Å²) in [7, 11) is 1.57. The topological polar surface area (TPSA) is 69.6 Å². The normalized spacial score (nSPS) is 9.88. The predicted molar refractivity (Wildman–Crippen MR) is 61.4 cm³/mol. The van der Waals surface area contributed by atoms with Crippen molar-refractivity contribution in [2.75, 3.05) is 26.7 Å². The zero-order valence-electron chi connectivity index (χ0n) is 8.97. The number of aliphatic hydroxyl groups is 1. The van der Waals surface area contributed by atoms with Crippen molar-refractivity contribution in [2.24, 2.45) is 0 Å². The first-order valence-electron chi connectivity index (χ1n) is 4.81. The first-order valence-corrected chi connectivity index (χ1v) is 5.69. The van der Waals surface area contributed by atoms with Crippen molar-refractivity contribution in [1.29, 1.82) is 0 Å². The fourth-order valence-electron chi connectivity index (χ4n) is 1.13. The Balaban J connectivity index is 2.43. The molecule has 1 rings (SSSR count). The zero-order chi connectivity index (χ0) is 12.0. The van der Waals surface area contributed by atoms with Crippen LogP contribution in [0.25, 0.3) is 0 Å². The minimum atomic E-state index is -0.276. The summed E-state index contributed by atoms with van der Waals surface area (Å²) in [6.45, 7) is 0.102. The van der Waals surface area contributed by atoms with Crippen molar-refractivity contribution in [1.82, 2.24) is 10.2 Å². The molecule has 2 N–H and O–H groups in total. The summed E-state index contributed by atoms with van der Waals surface area (Å²) in [6, 6.07) is 3.51. The van der Waals surface area contributed by atoms with Gasteiger partial charge in [0.2, 0.25) is 5.91 Å². The van der Waals surface area contributed by atoms with Gasteiger partial charge in [-0.05, 0) is 11.4 Å². The Hall–Kier alpha value is -1.40. The summed E-state index contributed by atoms with van der Waals surface area (Å²) in [4.78, 5) is 25.0. The molecular formula is C10H14N2O3S.